The molecule has 1 aliphatic heterocycles. The number of aromatic carboxylic acids is 1. The van der Waals surface area contributed by atoms with E-state index in [1.165, 1.54) is 5.69 Å². The smallest absolute Gasteiger partial charge is 0.335 e. The Hall–Kier alpha value is -1.16. The normalized spacial score (nSPS) is 24.1. The first-order chi connectivity index (χ1) is 8.50. The lowest BCUT2D eigenvalue weighted by Gasteiger charge is -2.40. The van der Waals surface area contributed by atoms with Crippen LogP contribution in [-0.2, 0) is 0 Å². The Morgan fingerprint density at radius 2 is 2.17 bits per heavy atom. The highest BCUT2D eigenvalue weighted by Crippen LogP contribution is 2.31. The number of hydrogen-bond donors (Lipinski definition) is 1. The van der Waals surface area contributed by atoms with Gasteiger partial charge in [0, 0.05) is 29.3 Å². The average molecular weight is 265 g/mol. The number of rotatable bonds is 2. The van der Waals surface area contributed by atoms with E-state index in [1.807, 2.05) is 24.8 Å². The lowest BCUT2D eigenvalue weighted by Crippen LogP contribution is -2.45. The maximum Gasteiger partial charge on any atom is 0.335 e. The van der Waals surface area contributed by atoms with E-state index in [9.17, 15) is 4.79 Å². The molecule has 2 rings (SSSR count). The van der Waals surface area contributed by atoms with Crippen LogP contribution in [0.3, 0.4) is 0 Å². The molecule has 1 N–H and O–H groups in total. The highest BCUT2D eigenvalue weighted by molar-refractivity contribution is 8.00. The lowest BCUT2D eigenvalue weighted by molar-refractivity contribution is 0.0697. The molecule has 0 spiro atoms. The molecule has 3 nitrogen and oxygen atoms in total. The Balaban J connectivity index is 2.30. The third-order valence-corrected chi connectivity index (χ3v) is 4.98. The summed E-state index contributed by atoms with van der Waals surface area (Å²) in [5.41, 5.74) is 2.57. The summed E-state index contributed by atoms with van der Waals surface area (Å²) in [6, 6.07) is 5.89. The van der Waals surface area contributed by atoms with Crippen molar-refractivity contribution >= 4 is 23.4 Å². The number of thioether (sulfide) groups is 1. The molecule has 4 heteroatoms. The van der Waals surface area contributed by atoms with Gasteiger partial charge >= 0.3 is 5.97 Å². The molecule has 1 aromatic carbocycles. The van der Waals surface area contributed by atoms with Gasteiger partial charge in [0.2, 0.25) is 0 Å². The summed E-state index contributed by atoms with van der Waals surface area (Å²) in [5.74, 6) is 0.270. The number of nitrogens with zero attached hydrogens (tertiary/aromatic N) is 1. The summed E-state index contributed by atoms with van der Waals surface area (Å²) in [7, 11) is 0. The maximum absolute atomic E-state index is 10.9. The maximum atomic E-state index is 10.9. The number of carboxylic acid groups (broad SMARTS) is 1. The van der Waals surface area contributed by atoms with Crippen LogP contribution in [0.25, 0.3) is 0 Å². The van der Waals surface area contributed by atoms with Crippen LogP contribution in [0.15, 0.2) is 18.2 Å². The molecule has 98 valence electrons. The van der Waals surface area contributed by atoms with Gasteiger partial charge in [0.15, 0.2) is 0 Å². The van der Waals surface area contributed by atoms with Crippen LogP contribution in [-0.4, -0.2) is 34.7 Å². The van der Waals surface area contributed by atoms with Crippen LogP contribution < -0.4 is 4.90 Å². The van der Waals surface area contributed by atoms with Crippen molar-refractivity contribution in [3.63, 3.8) is 0 Å². The van der Waals surface area contributed by atoms with Crippen molar-refractivity contribution in [2.75, 3.05) is 17.2 Å². The minimum absolute atomic E-state index is 0.364. The van der Waals surface area contributed by atoms with Gasteiger partial charge < -0.3 is 10.0 Å². The molecule has 0 aromatic heterocycles. The zero-order chi connectivity index (χ0) is 13.3. The Morgan fingerprint density at radius 1 is 1.44 bits per heavy atom. The number of carboxylic acids is 1. The van der Waals surface area contributed by atoms with Crippen molar-refractivity contribution in [2.24, 2.45) is 0 Å². The van der Waals surface area contributed by atoms with E-state index in [0.29, 0.717) is 16.9 Å². The SMILES string of the molecule is Cc1cc(C(=O)O)ccc1N1CCSC(C)C1C. The fourth-order valence-electron chi connectivity index (χ4n) is 2.38. The van der Waals surface area contributed by atoms with Crippen molar-refractivity contribution in [3.8, 4) is 0 Å². The summed E-state index contributed by atoms with van der Waals surface area (Å²) in [5, 5.41) is 9.60. The highest BCUT2D eigenvalue weighted by atomic mass is 32.2. The second kappa shape index (κ2) is 5.22. The van der Waals surface area contributed by atoms with Crippen LogP contribution in [0.1, 0.15) is 29.8 Å². The standard InChI is InChI=1S/C14H19NO2S/c1-9-8-12(14(16)17)4-5-13(9)15-6-7-18-11(3)10(15)2/h4-5,8,10-11H,6-7H2,1-3H3,(H,16,17). The molecule has 1 fully saturated rings. The lowest BCUT2D eigenvalue weighted by atomic mass is 10.1. The predicted octanol–water partition coefficient (Wildman–Crippen LogP) is 3.02. The average Bonchev–Trinajstić information content (AvgIpc) is 2.33. The van der Waals surface area contributed by atoms with E-state index in [1.54, 1.807) is 12.1 Å². The summed E-state index contributed by atoms with van der Waals surface area (Å²) in [6.45, 7) is 7.51. The zero-order valence-corrected chi connectivity index (χ0v) is 11.8. The Bertz CT molecular complexity index is 461. The fourth-order valence-corrected chi connectivity index (χ4v) is 3.48. The van der Waals surface area contributed by atoms with E-state index in [0.717, 1.165) is 17.9 Å². The van der Waals surface area contributed by atoms with Gasteiger partial charge in [-0.2, -0.15) is 11.8 Å². The monoisotopic (exact) mass is 265 g/mol. The van der Waals surface area contributed by atoms with Gasteiger partial charge in [-0.25, -0.2) is 4.79 Å². The molecule has 0 bridgehead atoms. The van der Waals surface area contributed by atoms with Crippen LogP contribution >= 0.6 is 11.8 Å². The van der Waals surface area contributed by atoms with E-state index in [4.69, 9.17) is 5.11 Å². The van der Waals surface area contributed by atoms with Gasteiger partial charge in [0.1, 0.15) is 0 Å². The zero-order valence-electron chi connectivity index (χ0n) is 11.0. The molecule has 0 amide bonds. The van der Waals surface area contributed by atoms with Gasteiger partial charge in [0.05, 0.1) is 5.56 Å². The predicted molar refractivity (Wildman–Crippen MR) is 76.9 cm³/mol. The number of anilines is 1. The molecule has 2 atom stereocenters. The van der Waals surface area contributed by atoms with Crippen molar-refractivity contribution < 1.29 is 9.90 Å². The molecule has 0 radical (unpaired) electrons. The summed E-state index contributed by atoms with van der Waals surface area (Å²) in [6.07, 6.45) is 0. The second-order valence-electron chi connectivity index (χ2n) is 4.82. The molecule has 1 saturated heterocycles. The second-order valence-corrected chi connectivity index (χ2v) is 6.30. The molecule has 2 unspecified atom stereocenters. The number of aryl methyl sites for hydroxylation is 1. The molecular formula is C14H19NO2S. The van der Waals surface area contributed by atoms with Gasteiger partial charge in [-0.15, -0.1) is 0 Å². The number of carbonyl (C=O) groups is 1. The van der Waals surface area contributed by atoms with Crippen molar-refractivity contribution in [1.29, 1.82) is 0 Å². The molecular weight excluding hydrogens is 246 g/mol. The van der Waals surface area contributed by atoms with Crippen molar-refractivity contribution in [3.05, 3.63) is 29.3 Å². The summed E-state index contributed by atoms with van der Waals surface area (Å²) >= 11 is 2.00. The number of hydrogen-bond acceptors (Lipinski definition) is 3. The Kier molecular flexibility index (Phi) is 3.85. The molecule has 1 aromatic rings. The van der Waals surface area contributed by atoms with E-state index < -0.39 is 5.97 Å². The first-order valence-corrected chi connectivity index (χ1v) is 7.27. The number of benzene rings is 1. The minimum atomic E-state index is -0.861. The Labute approximate surface area is 112 Å². The van der Waals surface area contributed by atoms with Gasteiger partial charge in [0.25, 0.3) is 0 Å². The molecule has 18 heavy (non-hydrogen) atoms. The Morgan fingerprint density at radius 3 is 2.78 bits per heavy atom. The van der Waals surface area contributed by atoms with E-state index in [2.05, 4.69) is 18.7 Å². The molecule has 1 aliphatic rings. The molecule has 1 heterocycles. The fraction of sp³-hybridized carbons (Fsp3) is 0.500. The topological polar surface area (TPSA) is 40.5 Å². The van der Waals surface area contributed by atoms with Crippen LogP contribution in [0, 0.1) is 6.92 Å². The van der Waals surface area contributed by atoms with Crippen molar-refractivity contribution in [2.45, 2.75) is 32.1 Å². The van der Waals surface area contributed by atoms with E-state index >= 15 is 0 Å². The summed E-state index contributed by atoms with van der Waals surface area (Å²) in [4.78, 5) is 13.3. The highest BCUT2D eigenvalue weighted by Gasteiger charge is 2.26. The molecule has 0 saturated carbocycles. The first kappa shape index (κ1) is 13.3. The van der Waals surface area contributed by atoms with Crippen molar-refractivity contribution in [1.82, 2.24) is 0 Å². The minimum Gasteiger partial charge on any atom is -0.478 e. The first-order valence-electron chi connectivity index (χ1n) is 6.23. The van der Waals surface area contributed by atoms with Crippen LogP contribution in [0.4, 0.5) is 5.69 Å². The van der Waals surface area contributed by atoms with Crippen LogP contribution in [0.5, 0.6) is 0 Å². The third-order valence-electron chi connectivity index (χ3n) is 3.64. The van der Waals surface area contributed by atoms with Gasteiger partial charge in [-0.3, -0.25) is 0 Å². The third kappa shape index (κ3) is 2.48. The quantitative estimate of drug-likeness (QED) is 0.892. The largest absolute Gasteiger partial charge is 0.478 e. The van der Waals surface area contributed by atoms with Gasteiger partial charge in [-0.1, -0.05) is 6.92 Å². The summed E-state index contributed by atoms with van der Waals surface area (Å²) < 4.78 is 0. The molecule has 0 aliphatic carbocycles. The van der Waals surface area contributed by atoms with E-state index in [-0.39, 0.29) is 0 Å². The van der Waals surface area contributed by atoms with Gasteiger partial charge in [-0.05, 0) is 37.6 Å². The van der Waals surface area contributed by atoms with Crippen LogP contribution in [0.2, 0.25) is 0 Å².